The number of likely N-dealkylation sites (tertiary alicyclic amines) is 1. The van der Waals surface area contributed by atoms with E-state index < -0.39 is 11.9 Å². The standard InChI is InChI=1S/C12H20N2O3/c1-14-5-3-2-4-8(14)7-13-11(15)9-6-10(9)12(16)17/h8-10H,2-7H2,1H3,(H,13,15)(H,16,17). The highest BCUT2D eigenvalue weighted by molar-refractivity contribution is 5.89. The SMILES string of the molecule is CN1CCCCC1CNC(=O)C1CC1C(=O)O. The molecule has 2 rings (SSSR count). The number of carboxylic acid groups (broad SMARTS) is 1. The second-order valence-electron chi connectivity index (χ2n) is 5.16. The Balaban J connectivity index is 1.71. The molecule has 2 N–H and O–H groups in total. The first kappa shape index (κ1) is 12.4. The Bertz CT molecular complexity index is 319. The van der Waals surface area contributed by atoms with Crippen LogP contribution in [-0.2, 0) is 9.59 Å². The summed E-state index contributed by atoms with van der Waals surface area (Å²) in [7, 11) is 2.08. The molecule has 0 aromatic carbocycles. The quantitative estimate of drug-likeness (QED) is 0.742. The average Bonchev–Trinajstić information content (AvgIpc) is 3.07. The lowest BCUT2D eigenvalue weighted by Crippen LogP contribution is -2.45. The highest BCUT2D eigenvalue weighted by Crippen LogP contribution is 2.38. The van der Waals surface area contributed by atoms with Crippen molar-refractivity contribution in [3.8, 4) is 0 Å². The summed E-state index contributed by atoms with van der Waals surface area (Å²) >= 11 is 0. The van der Waals surface area contributed by atoms with Gasteiger partial charge in [0.25, 0.3) is 0 Å². The summed E-state index contributed by atoms with van der Waals surface area (Å²) in [6.45, 7) is 1.74. The molecule has 0 aromatic rings. The van der Waals surface area contributed by atoms with E-state index in [2.05, 4.69) is 17.3 Å². The number of carbonyl (C=O) groups excluding carboxylic acids is 1. The molecule has 0 bridgehead atoms. The third kappa shape index (κ3) is 2.97. The number of nitrogens with one attached hydrogen (secondary N) is 1. The molecule has 1 heterocycles. The fraction of sp³-hybridized carbons (Fsp3) is 0.833. The normalized spacial score (nSPS) is 33.1. The largest absolute Gasteiger partial charge is 0.481 e. The summed E-state index contributed by atoms with van der Waals surface area (Å²) in [6, 6.07) is 0.412. The summed E-state index contributed by atoms with van der Waals surface area (Å²) in [6.07, 6.45) is 4.06. The van der Waals surface area contributed by atoms with Gasteiger partial charge in [0.05, 0.1) is 11.8 Å². The van der Waals surface area contributed by atoms with Gasteiger partial charge in [-0.2, -0.15) is 0 Å². The van der Waals surface area contributed by atoms with Crippen molar-refractivity contribution in [3.05, 3.63) is 0 Å². The molecule has 1 amide bonds. The summed E-state index contributed by atoms with van der Waals surface area (Å²) in [5.74, 6) is -1.67. The molecule has 2 aliphatic rings. The van der Waals surface area contributed by atoms with Crippen LogP contribution in [0.1, 0.15) is 25.7 Å². The number of rotatable bonds is 4. The number of amides is 1. The van der Waals surface area contributed by atoms with Gasteiger partial charge in [-0.3, -0.25) is 9.59 Å². The van der Waals surface area contributed by atoms with E-state index >= 15 is 0 Å². The first-order valence-corrected chi connectivity index (χ1v) is 6.30. The number of carbonyl (C=O) groups is 2. The van der Waals surface area contributed by atoms with Crippen LogP contribution in [0.2, 0.25) is 0 Å². The lowest BCUT2D eigenvalue weighted by atomic mass is 10.0. The van der Waals surface area contributed by atoms with Crippen molar-refractivity contribution in [3.63, 3.8) is 0 Å². The van der Waals surface area contributed by atoms with Gasteiger partial charge in [-0.1, -0.05) is 6.42 Å². The topological polar surface area (TPSA) is 69.6 Å². The van der Waals surface area contributed by atoms with Crippen LogP contribution in [0.5, 0.6) is 0 Å². The number of likely N-dealkylation sites (N-methyl/N-ethyl adjacent to an activating group) is 1. The number of hydrogen-bond donors (Lipinski definition) is 2. The Hall–Kier alpha value is -1.10. The molecule has 5 nitrogen and oxygen atoms in total. The monoisotopic (exact) mass is 240 g/mol. The molecule has 0 spiro atoms. The van der Waals surface area contributed by atoms with E-state index in [4.69, 9.17) is 5.11 Å². The maximum absolute atomic E-state index is 11.7. The number of nitrogens with zero attached hydrogens (tertiary/aromatic N) is 1. The van der Waals surface area contributed by atoms with Gasteiger partial charge in [0.2, 0.25) is 5.91 Å². The van der Waals surface area contributed by atoms with Gasteiger partial charge in [-0.05, 0) is 32.9 Å². The van der Waals surface area contributed by atoms with Crippen molar-refractivity contribution < 1.29 is 14.7 Å². The smallest absolute Gasteiger partial charge is 0.307 e. The maximum atomic E-state index is 11.7. The van der Waals surface area contributed by atoms with E-state index in [9.17, 15) is 9.59 Å². The lowest BCUT2D eigenvalue weighted by molar-refractivity contribution is -0.140. The minimum absolute atomic E-state index is 0.0867. The average molecular weight is 240 g/mol. The highest BCUT2D eigenvalue weighted by atomic mass is 16.4. The van der Waals surface area contributed by atoms with Crippen molar-refractivity contribution >= 4 is 11.9 Å². The van der Waals surface area contributed by atoms with E-state index in [-0.39, 0.29) is 11.8 Å². The molecule has 3 atom stereocenters. The van der Waals surface area contributed by atoms with Gasteiger partial charge in [-0.25, -0.2) is 0 Å². The molecular formula is C12H20N2O3. The Morgan fingerprint density at radius 2 is 2.12 bits per heavy atom. The molecule has 17 heavy (non-hydrogen) atoms. The van der Waals surface area contributed by atoms with Gasteiger partial charge in [0, 0.05) is 12.6 Å². The zero-order valence-corrected chi connectivity index (χ0v) is 10.2. The number of piperidine rings is 1. The van der Waals surface area contributed by atoms with E-state index in [1.807, 2.05) is 0 Å². The van der Waals surface area contributed by atoms with Gasteiger partial charge < -0.3 is 15.3 Å². The molecule has 0 radical (unpaired) electrons. The Labute approximate surface area is 101 Å². The molecule has 96 valence electrons. The van der Waals surface area contributed by atoms with Crippen LogP contribution >= 0.6 is 0 Å². The number of carboxylic acids is 1. The van der Waals surface area contributed by atoms with Crippen molar-refractivity contribution in [1.29, 1.82) is 0 Å². The van der Waals surface area contributed by atoms with Crippen LogP contribution in [0.15, 0.2) is 0 Å². The second-order valence-corrected chi connectivity index (χ2v) is 5.16. The fourth-order valence-electron chi connectivity index (χ4n) is 2.51. The molecule has 1 aliphatic carbocycles. The first-order valence-electron chi connectivity index (χ1n) is 6.30. The molecule has 1 saturated heterocycles. The van der Waals surface area contributed by atoms with Gasteiger partial charge in [0.15, 0.2) is 0 Å². The predicted molar refractivity (Wildman–Crippen MR) is 62.5 cm³/mol. The van der Waals surface area contributed by atoms with Crippen LogP contribution in [-0.4, -0.2) is 48.1 Å². The zero-order valence-electron chi connectivity index (χ0n) is 10.2. The molecule has 3 unspecified atom stereocenters. The van der Waals surface area contributed by atoms with Crippen molar-refractivity contribution in [2.24, 2.45) is 11.8 Å². The van der Waals surface area contributed by atoms with Crippen LogP contribution in [0.25, 0.3) is 0 Å². The Kier molecular flexibility index (Phi) is 3.66. The van der Waals surface area contributed by atoms with Gasteiger partial charge in [0.1, 0.15) is 0 Å². The van der Waals surface area contributed by atoms with Crippen LogP contribution in [0, 0.1) is 11.8 Å². The van der Waals surface area contributed by atoms with Gasteiger partial charge >= 0.3 is 5.97 Å². The summed E-state index contributed by atoms with van der Waals surface area (Å²) in [5, 5.41) is 11.6. The van der Waals surface area contributed by atoms with Crippen LogP contribution < -0.4 is 5.32 Å². The third-order valence-corrected chi connectivity index (χ3v) is 3.88. The van der Waals surface area contributed by atoms with E-state index in [1.165, 1.54) is 12.8 Å². The van der Waals surface area contributed by atoms with E-state index in [0.29, 0.717) is 19.0 Å². The summed E-state index contributed by atoms with van der Waals surface area (Å²) < 4.78 is 0. The second kappa shape index (κ2) is 5.04. The fourth-order valence-corrected chi connectivity index (χ4v) is 2.51. The summed E-state index contributed by atoms with van der Waals surface area (Å²) in [4.78, 5) is 24.6. The Morgan fingerprint density at radius 3 is 2.71 bits per heavy atom. The molecule has 2 fully saturated rings. The van der Waals surface area contributed by atoms with E-state index in [0.717, 1.165) is 13.0 Å². The molecule has 0 aromatic heterocycles. The third-order valence-electron chi connectivity index (χ3n) is 3.88. The lowest BCUT2D eigenvalue weighted by Gasteiger charge is -2.32. The molecule has 5 heteroatoms. The predicted octanol–water partition coefficient (Wildman–Crippen LogP) is 0.308. The van der Waals surface area contributed by atoms with Crippen molar-refractivity contribution in [1.82, 2.24) is 10.2 Å². The van der Waals surface area contributed by atoms with Crippen LogP contribution in [0.3, 0.4) is 0 Å². The minimum atomic E-state index is -0.847. The number of aliphatic carboxylic acids is 1. The molecule has 1 aliphatic heterocycles. The first-order chi connectivity index (χ1) is 8.09. The summed E-state index contributed by atoms with van der Waals surface area (Å²) in [5.41, 5.74) is 0. The maximum Gasteiger partial charge on any atom is 0.307 e. The molecular weight excluding hydrogens is 220 g/mol. The zero-order chi connectivity index (χ0) is 12.4. The van der Waals surface area contributed by atoms with E-state index in [1.54, 1.807) is 0 Å². The van der Waals surface area contributed by atoms with Crippen molar-refractivity contribution in [2.45, 2.75) is 31.7 Å². The minimum Gasteiger partial charge on any atom is -0.481 e. The Morgan fingerprint density at radius 1 is 1.35 bits per heavy atom. The molecule has 1 saturated carbocycles. The number of hydrogen-bond acceptors (Lipinski definition) is 3. The van der Waals surface area contributed by atoms with Gasteiger partial charge in [-0.15, -0.1) is 0 Å². The van der Waals surface area contributed by atoms with Crippen molar-refractivity contribution in [2.75, 3.05) is 20.1 Å². The highest BCUT2D eigenvalue weighted by Gasteiger charge is 2.48. The van der Waals surface area contributed by atoms with Crippen LogP contribution in [0.4, 0.5) is 0 Å².